The number of hydrogen-bond donors (Lipinski definition) is 1. The van der Waals surface area contributed by atoms with Gasteiger partial charge in [-0.25, -0.2) is 0 Å². The summed E-state index contributed by atoms with van der Waals surface area (Å²) in [5.74, 6) is 1.10. The largest absolute Gasteiger partial charge is 0.351 e. The lowest BCUT2D eigenvalue weighted by Crippen LogP contribution is -2.46. The molecule has 1 unspecified atom stereocenters. The topological polar surface area (TPSA) is 54.2 Å². The molecule has 3 aromatic rings. The minimum Gasteiger partial charge on any atom is -0.351 e. The molecule has 1 aromatic heterocycles. The Bertz CT molecular complexity index is 1120. The molecule has 166 valence electrons. The molecule has 0 fully saturated rings. The fraction of sp³-hybridized carbons (Fsp3) is 0.292. The number of allylic oxidation sites excluding steroid dienone is 1. The molecule has 5 nitrogen and oxygen atoms in total. The lowest BCUT2D eigenvalue weighted by molar-refractivity contribution is 0.396. The second-order valence-electron chi connectivity index (χ2n) is 7.46. The molecule has 0 saturated heterocycles. The lowest BCUT2D eigenvalue weighted by Gasteiger charge is -2.37. The van der Waals surface area contributed by atoms with Crippen LogP contribution in [0.4, 0.5) is 0 Å². The van der Waals surface area contributed by atoms with E-state index in [1.54, 1.807) is 23.5 Å². The van der Waals surface area contributed by atoms with E-state index < -0.39 is 0 Å². The van der Waals surface area contributed by atoms with Gasteiger partial charge in [0.2, 0.25) is 5.82 Å². The molecule has 1 N–H and O–H groups in total. The van der Waals surface area contributed by atoms with E-state index >= 15 is 0 Å². The highest BCUT2D eigenvalue weighted by atomic mass is 32.2. The molecule has 1 aliphatic rings. The van der Waals surface area contributed by atoms with Crippen LogP contribution in [0, 0.1) is 0 Å². The number of benzene rings is 2. The van der Waals surface area contributed by atoms with Gasteiger partial charge in [-0.15, -0.1) is 23.5 Å². The van der Waals surface area contributed by atoms with Crippen LogP contribution >= 0.6 is 35.7 Å². The minimum atomic E-state index is -0.154. The highest BCUT2D eigenvalue weighted by Crippen LogP contribution is 2.38. The van der Waals surface area contributed by atoms with E-state index in [2.05, 4.69) is 78.1 Å². The fourth-order valence-electron chi connectivity index (χ4n) is 3.79. The van der Waals surface area contributed by atoms with Gasteiger partial charge in [0.15, 0.2) is 5.11 Å². The first kappa shape index (κ1) is 22.9. The van der Waals surface area contributed by atoms with Crippen LogP contribution in [0.3, 0.4) is 0 Å². The number of nitrogens with zero attached hydrogens (tertiary/aromatic N) is 3. The Balaban J connectivity index is 1.77. The molecule has 8 heteroatoms. The number of thioether (sulfide) groups is 2. The normalized spacial score (nSPS) is 16.4. The molecule has 32 heavy (non-hydrogen) atoms. The second kappa shape index (κ2) is 10.1. The van der Waals surface area contributed by atoms with Crippen LogP contribution in [-0.4, -0.2) is 39.2 Å². The molecule has 0 radical (unpaired) electrons. The first-order valence-electron chi connectivity index (χ1n) is 10.5. The molecule has 2 aromatic carbocycles. The maximum absolute atomic E-state index is 5.81. The van der Waals surface area contributed by atoms with Crippen LogP contribution in [0.1, 0.15) is 37.8 Å². The first-order valence-corrected chi connectivity index (χ1v) is 13.3. The summed E-state index contributed by atoms with van der Waals surface area (Å²) in [6.07, 6.45) is 5.12. The summed E-state index contributed by atoms with van der Waals surface area (Å²) in [7, 11) is 0. The number of hydrogen-bond acceptors (Lipinski definition) is 6. The van der Waals surface area contributed by atoms with Crippen molar-refractivity contribution in [3.05, 3.63) is 65.7 Å². The Labute approximate surface area is 203 Å². The maximum atomic E-state index is 5.81. The van der Waals surface area contributed by atoms with Crippen molar-refractivity contribution in [1.82, 2.24) is 20.4 Å². The fourth-order valence-corrected chi connectivity index (χ4v) is 4.95. The van der Waals surface area contributed by atoms with Crippen molar-refractivity contribution in [2.75, 3.05) is 19.1 Å². The second-order valence-corrected chi connectivity index (χ2v) is 9.60. The molecule has 1 atom stereocenters. The lowest BCUT2D eigenvalue weighted by atomic mass is 9.95. The number of rotatable bonds is 7. The Hall–Kier alpha value is -2.29. The summed E-state index contributed by atoms with van der Waals surface area (Å²) in [5.41, 5.74) is 4.05. The average Bonchev–Trinajstić information content (AvgIpc) is 3.31. The SMILES string of the molecule is CCCN1C(=S)NC(c2ccc(SC)cc2)C(c2nc(-c3ccc(SC)cc3)no2)=C1C. The van der Waals surface area contributed by atoms with Crippen molar-refractivity contribution in [2.24, 2.45) is 0 Å². The summed E-state index contributed by atoms with van der Waals surface area (Å²) in [5, 5.41) is 8.52. The van der Waals surface area contributed by atoms with E-state index in [1.807, 2.05) is 12.1 Å². The molecule has 0 amide bonds. The van der Waals surface area contributed by atoms with Crippen LogP contribution < -0.4 is 5.32 Å². The Morgan fingerprint density at radius 2 is 1.66 bits per heavy atom. The van der Waals surface area contributed by atoms with E-state index in [4.69, 9.17) is 21.7 Å². The maximum Gasteiger partial charge on any atom is 0.258 e. The summed E-state index contributed by atoms with van der Waals surface area (Å²) in [6.45, 7) is 5.06. The highest BCUT2D eigenvalue weighted by molar-refractivity contribution is 7.98. The minimum absolute atomic E-state index is 0.154. The molecule has 1 aliphatic heterocycles. The molecule has 4 rings (SSSR count). The van der Waals surface area contributed by atoms with Gasteiger partial charge in [-0.3, -0.25) is 0 Å². The van der Waals surface area contributed by atoms with Crippen molar-refractivity contribution in [1.29, 1.82) is 0 Å². The summed E-state index contributed by atoms with van der Waals surface area (Å²) in [6, 6.07) is 16.6. The molecule has 0 aliphatic carbocycles. The Morgan fingerprint density at radius 3 is 2.25 bits per heavy atom. The van der Waals surface area contributed by atoms with Gasteiger partial charge < -0.3 is 14.7 Å². The quantitative estimate of drug-likeness (QED) is 0.313. The van der Waals surface area contributed by atoms with E-state index in [9.17, 15) is 0 Å². The molecular weight excluding hydrogens is 456 g/mol. The van der Waals surface area contributed by atoms with Gasteiger partial charge in [-0.2, -0.15) is 4.98 Å². The van der Waals surface area contributed by atoms with Gasteiger partial charge >= 0.3 is 0 Å². The van der Waals surface area contributed by atoms with Crippen LogP contribution in [0.2, 0.25) is 0 Å². The molecule has 0 spiro atoms. The van der Waals surface area contributed by atoms with E-state index in [-0.39, 0.29) is 6.04 Å². The van der Waals surface area contributed by atoms with Gasteiger partial charge in [-0.05, 0) is 80.0 Å². The Kier molecular flexibility index (Phi) is 7.23. The van der Waals surface area contributed by atoms with Gasteiger partial charge in [0.25, 0.3) is 5.89 Å². The monoisotopic (exact) mass is 482 g/mol. The van der Waals surface area contributed by atoms with Crippen molar-refractivity contribution in [3.8, 4) is 11.4 Å². The summed E-state index contributed by atoms with van der Waals surface area (Å²) < 4.78 is 5.81. The predicted octanol–water partition coefficient (Wildman–Crippen LogP) is 6.25. The van der Waals surface area contributed by atoms with Crippen molar-refractivity contribution in [2.45, 2.75) is 36.1 Å². The zero-order valence-electron chi connectivity index (χ0n) is 18.6. The third kappa shape index (κ3) is 4.58. The van der Waals surface area contributed by atoms with Crippen LogP contribution in [0.5, 0.6) is 0 Å². The smallest absolute Gasteiger partial charge is 0.258 e. The van der Waals surface area contributed by atoms with Gasteiger partial charge in [0, 0.05) is 27.6 Å². The average molecular weight is 483 g/mol. The van der Waals surface area contributed by atoms with Crippen LogP contribution in [0.25, 0.3) is 17.0 Å². The van der Waals surface area contributed by atoms with Gasteiger partial charge in [0.1, 0.15) is 0 Å². The zero-order chi connectivity index (χ0) is 22.7. The number of nitrogens with one attached hydrogen (secondary N) is 1. The molecular formula is C24H26N4OS3. The first-order chi connectivity index (χ1) is 15.5. The van der Waals surface area contributed by atoms with Crippen LogP contribution in [0.15, 0.2) is 68.5 Å². The number of thiocarbonyl (C=S) groups is 1. The third-order valence-corrected chi connectivity index (χ3v) is 7.32. The van der Waals surface area contributed by atoms with Crippen molar-refractivity contribution in [3.63, 3.8) is 0 Å². The molecule has 2 heterocycles. The van der Waals surface area contributed by atoms with Crippen LogP contribution in [-0.2, 0) is 0 Å². The third-order valence-electron chi connectivity index (χ3n) is 5.50. The highest BCUT2D eigenvalue weighted by Gasteiger charge is 2.33. The van der Waals surface area contributed by atoms with Crippen molar-refractivity contribution < 1.29 is 4.52 Å². The summed E-state index contributed by atoms with van der Waals surface area (Å²) >= 11 is 9.14. The Morgan fingerprint density at radius 1 is 1.03 bits per heavy atom. The molecule has 0 saturated carbocycles. The van der Waals surface area contributed by atoms with Gasteiger partial charge in [-0.1, -0.05) is 24.2 Å². The van der Waals surface area contributed by atoms with E-state index in [1.165, 1.54) is 9.79 Å². The number of aromatic nitrogens is 2. The van der Waals surface area contributed by atoms with E-state index in [0.717, 1.165) is 40.5 Å². The van der Waals surface area contributed by atoms with Crippen molar-refractivity contribution >= 4 is 46.4 Å². The zero-order valence-corrected chi connectivity index (χ0v) is 21.0. The standard InChI is InChI=1S/C24H26N4OS3/c1-5-14-28-15(2)20(21(25-24(28)30)16-6-10-18(31-3)11-7-16)23-26-22(27-29-23)17-8-12-19(32-4)13-9-17/h6-13,21H,5,14H2,1-4H3,(H,25,30). The summed E-state index contributed by atoms with van der Waals surface area (Å²) in [4.78, 5) is 9.32. The molecule has 0 bridgehead atoms. The predicted molar refractivity (Wildman–Crippen MR) is 138 cm³/mol. The van der Waals surface area contributed by atoms with E-state index in [0.29, 0.717) is 11.7 Å². The van der Waals surface area contributed by atoms with Gasteiger partial charge in [0.05, 0.1) is 11.6 Å².